The number of benzene rings is 1. The number of nitrogens with zero attached hydrogens (tertiary/aromatic N) is 5. The molecule has 0 aliphatic carbocycles. The van der Waals surface area contributed by atoms with E-state index in [-0.39, 0.29) is 11.7 Å². The number of amides is 1. The maximum atomic E-state index is 13.8. The molecule has 1 amide bonds. The van der Waals surface area contributed by atoms with E-state index < -0.39 is 0 Å². The van der Waals surface area contributed by atoms with Crippen molar-refractivity contribution >= 4 is 17.5 Å². The van der Waals surface area contributed by atoms with E-state index in [1.165, 1.54) is 18.9 Å². The number of aromatic nitrogens is 2. The molecular weight excluding hydrogens is 345 g/mol. The molecule has 2 fully saturated rings. The third-order valence-corrected chi connectivity index (χ3v) is 5.38. The molecule has 7 heteroatoms. The summed E-state index contributed by atoms with van der Waals surface area (Å²) in [7, 11) is 0. The predicted molar refractivity (Wildman–Crippen MR) is 103 cm³/mol. The Balaban J connectivity index is 1.40. The van der Waals surface area contributed by atoms with Gasteiger partial charge in [0.25, 0.3) is 5.91 Å². The molecule has 0 unspecified atom stereocenters. The minimum atomic E-state index is -0.338. The lowest BCUT2D eigenvalue weighted by molar-refractivity contribution is 0.0746. The second kappa shape index (κ2) is 7.50. The minimum Gasteiger partial charge on any atom is -0.356 e. The highest BCUT2D eigenvalue weighted by Crippen LogP contribution is 2.22. The molecule has 2 aromatic rings. The monoisotopic (exact) mass is 369 g/mol. The highest BCUT2D eigenvalue weighted by atomic mass is 19.1. The van der Waals surface area contributed by atoms with Crippen molar-refractivity contribution in [2.75, 3.05) is 49.1 Å². The second-order valence-corrected chi connectivity index (χ2v) is 7.17. The lowest BCUT2D eigenvalue weighted by atomic mass is 10.1. The van der Waals surface area contributed by atoms with Gasteiger partial charge in [-0.05, 0) is 37.5 Å². The van der Waals surface area contributed by atoms with Crippen LogP contribution in [0.5, 0.6) is 0 Å². The molecule has 142 valence electrons. The van der Waals surface area contributed by atoms with E-state index in [1.54, 1.807) is 30.3 Å². The number of halogens is 1. The van der Waals surface area contributed by atoms with Crippen molar-refractivity contribution in [2.45, 2.75) is 19.8 Å². The zero-order valence-electron chi connectivity index (χ0n) is 15.6. The Labute approximate surface area is 158 Å². The highest BCUT2D eigenvalue weighted by Gasteiger charge is 2.24. The number of carbonyl (C=O) groups excluding carboxylic acids is 1. The van der Waals surface area contributed by atoms with E-state index in [9.17, 15) is 9.18 Å². The van der Waals surface area contributed by atoms with Crippen LogP contribution in [0.2, 0.25) is 0 Å². The zero-order chi connectivity index (χ0) is 18.8. The third kappa shape index (κ3) is 3.72. The molecule has 2 saturated heterocycles. The van der Waals surface area contributed by atoms with Gasteiger partial charge >= 0.3 is 0 Å². The molecule has 0 radical (unpaired) electrons. The van der Waals surface area contributed by atoms with Gasteiger partial charge in [0.15, 0.2) is 0 Å². The van der Waals surface area contributed by atoms with Crippen molar-refractivity contribution in [1.82, 2.24) is 14.9 Å². The molecule has 27 heavy (non-hydrogen) atoms. The van der Waals surface area contributed by atoms with Gasteiger partial charge in [0.2, 0.25) is 0 Å². The van der Waals surface area contributed by atoms with Crippen molar-refractivity contribution in [2.24, 2.45) is 0 Å². The summed E-state index contributed by atoms with van der Waals surface area (Å²) < 4.78 is 13.8. The summed E-state index contributed by atoms with van der Waals surface area (Å²) in [4.78, 5) is 27.7. The molecule has 3 heterocycles. The van der Waals surface area contributed by atoms with Gasteiger partial charge in [0.1, 0.15) is 23.8 Å². The molecule has 1 aromatic heterocycles. The van der Waals surface area contributed by atoms with Crippen LogP contribution in [0.1, 0.15) is 28.8 Å². The van der Waals surface area contributed by atoms with E-state index in [4.69, 9.17) is 0 Å². The van der Waals surface area contributed by atoms with Crippen LogP contribution in [-0.4, -0.2) is 60.0 Å². The molecule has 6 nitrogen and oxygen atoms in total. The lowest BCUT2D eigenvalue weighted by Gasteiger charge is -2.35. The Kier molecular flexibility index (Phi) is 4.92. The molecule has 0 N–H and O–H groups in total. The van der Waals surface area contributed by atoms with Crippen LogP contribution in [0.4, 0.5) is 16.0 Å². The summed E-state index contributed by atoms with van der Waals surface area (Å²) >= 11 is 0. The number of carbonyl (C=O) groups is 1. The van der Waals surface area contributed by atoms with E-state index in [1.807, 2.05) is 6.07 Å². The molecule has 4 rings (SSSR count). The standard InChI is InChI=1S/C20H24FN5O/c1-15-4-5-16(12-17(15)21)20(27)26-10-8-25(9-11-26)19-13-18(22-14-23-19)24-6-2-3-7-24/h4-5,12-14H,2-3,6-11H2,1H3. The first-order valence-corrected chi connectivity index (χ1v) is 9.49. The fourth-order valence-electron chi connectivity index (χ4n) is 3.68. The quantitative estimate of drug-likeness (QED) is 0.832. The lowest BCUT2D eigenvalue weighted by Crippen LogP contribution is -2.49. The minimum absolute atomic E-state index is 0.117. The fraction of sp³-hybridized carbons (Fsp3) is 0.450. The van der Waals surface area contributed by atoms with E-state index in [0.717, 1.165) is 24.7 Å². The van der Waals surface area contributed by atoms with Crippen LogP contribution in [0, 0.1) is 12.7 Å². The molecular formula is C20H24FN5O. The third-order valence-electron chi connectivity index (χ3n) is 5.38. The summed E-state index contributed by atoms with van der Waals surface area (Å²) in [6.07, 6.45) is 4.04. The largest absolute Gasteiger partial charge is 0.356 e. The van der Waals surface area contributed by atoms with Crippen LogP contribution < -0.4 is 9.80 Å². The Morgan fingerprint density at radius 3 is 2.19 bits per heavy atom. The Bertz CT molecular complexity index is 829. The molecule has 2 aliphatic heterocycles. The maximum Gasteiger partial charge on any atom is 0.254 e. The van der Waals surface area contributed by atoms with E-state index in [0.29, 0.717) is 37.3 Å². The smallest absolute Gasteiger partial charge is 0.254 e. The highest BCUT2D eigenvalue weighted by molar-refractivity contribution is 5.94. The molecule has 0 bridgehead atoms. The van der Waals surface area contributed by atoms with Crippen molar-refractivity contribution in [1.29, 1.82) is 0 Å². The van der Waals surface area contributed by atoms with Crippen molar-refractivity contribution in [3.05, 3.63) is 47.5 Å². The van der Waals surface area contributed by atoms with E-state index >= 15 is 0 Å². The van der Waals surface area contributed by atoms with Gasteiger partial charge in [-0.15, -0.1) is 0 Å². The van der Waals surface area contributed by atoms with Crippen LogP contribution in [0.25, 0.3) is 0 Å². The average molecular weight is 369 g/mol. The van der Waals surface area contributed by atoms with Gasteiger partial charge in [-0.1, -0.05) is 6.07 Å². The average Bonchev–Trinajstić information content (AvgIpc) is 3.25. The first-order chi connectivity index (χ1) is 13.1. The Morgan fingerprint density at radius 1 is 0.926 bits per heavy atom. The predicted octanol–water partition coefficient (Wildman–Crippen LogP) is 2.49. The van der Waals surface area contributed by atoms with Gasteiger partial charge in [0, 0.05) is 50.9 Å². The van der Waals surface area contributed by atoms with Crippen LogP contribution in [-0.2, 0) is 0 Å². The topological polar surface area (TPSA) is 52.6 Å². The summed E-state index contributed by atoms with van der Waals surface area (Å²) in [6.45, 7) is 6.39. The van der Waals surface area contributed by atoms with Gasteiger partial charge in [0.05, 0.1) is 0 Å². The fourth-order valence-corrected chi connectivity index (χ4v) is 3.68. The van der Waals surface area contributed by atoms with Crippen LogP contribution in [0.3, 0.4) is 0 Å². The van der Waals surface area contributed by atoms with Crippen molar-refractivity contribution < 1.29 is 9.18 Å². The summed E-state index contributed by atoms with van der Waals surface area (Å²) in [5, 5.41) is 0. The normalized spacial score (nSPS) is 17.5. The molecule has 2 aliphatic rings. The molecule has 1 aromatic carbocycles. The van der Waals surface area contributed by atoms with Gasteiger partial charge in [-0.3, -0.25) is 4.79 Å². The summed E-state index contributed by atoms with van der Waals surface area (Å²) in [5.41, 5.74) is 0.957. The first kappa shape index (κ1) is 17.7. The number of hydrogen-bond acceptors (Lipinski definition) is 5. The number of aryl methyl sites for hydroxylation is 1. The van der Waals surface area contributed by atoms with Crippen molar-refractivity contribution in [3.63, 3.8) is 0 Å². The Hall–Kier alpha value is -2.70. The van der Waals surface area contributed by atoms with Crippen molar-refractivity contribution in [3.8, 4) is 0 Å². The van der Waals surface area contributed by atoms with Crippen LogP contribution >= 0.6 is 0 Å². The number of anilines is 2. The van der Waals surface area contributed by atoms with E-state index in [2.05, 4.69) is 19.8 Å². The van der Waals surface area contributed by atoms with Gasteiger partial charge in [-0.25, -0.2) is 14.4 Å². The number of piperazine rings is 1. The summed E-state index contributed by atoms with van der Waals surface area (Å²) in [6, 6.07) is 6.72. The summed E-state index contributed by atoms with van der Waals surface area (Å²) in [5.74, 6) is 1.43. The number of hydrogen-bond donors (Lipinski definition) is 0. The second-order valence-electron chi connectivity index (χ2n) is 7.17. The first-order valence-electron chi connectivity index (χ1n) is 9.49. The van der Waals surface area contributed by atoms with Gasteiger partial charge in [-0.2, -0.15) is 0 Å². The Morgan fingerprint density at radius 2 is 1.56 bits per heavy atom. The molecule has 0 spiro atoms. The zero-order valence-corrected chi connectivity index (χ0v) is 15.6. The molecule has 0 atom stereocenters. The maximum absolute atomic E-state index is 13.8. The molecule has 0 saturated carbocycles. The van der Waals surface area contributed by atoms with Crippen LogP contribution in [0.15, 0.2) is 30.6 Å². The SMILES string of the molecule is Cc1ccc(C(=O)N2CCN(c3cc(N4CCCC4)ncn3)CC2)cc1F. The van der Waals surface area contributed by atoms with Gasteiger partial charge < -0.3 is 14.7 Å². The number of rotatable bonds is 3.